The number of urea groups is 1. The highest BCUT2D eigenvalue weighted by atomic mass is 32.1. The first-order valence-corrected chi connectivity index (χ1v) is 8.75. The van der Waals surface area contributed by atoms with E-state index in [1.807, 2.05) is 48.7 Å². The van der Waals surface area contributed by atoms with Gasteiger partial charge in [-0.15, -0.1) is 11.3 Å². The second-order valence-electron chi connectivity index (χ2n) is 5.83. The summed E-state index contributed by atoms with van der Waals surface area (Å²) in [6.45, 7) is 4.59. The molecule has 2 aromatic rings. The summed E-state index contributed by atoms with van der Waals surface area (Å²) in [5, 5.41) is 18.0. The van der Waals surface area contributed by atoms with Gasteiger partial charge in [-0.1, -0.05) is 43.3 Å². The maximum Gasteiger partial charge on any atom is 0.315 e. The molecule has 0 saturated heterocycles. The van der Waals surface area contributed by atoms with Crippen molar-refractivity contribution in [2.75, 3.05) is 6.54 Å². The Balaban J connectivity index is 1.72. The van der Waals surface area contributed by atoms with Gasteiger partial charge >= 0.3 is 6.03 Å². The maximum absolute atomic E-state index is 11.9. The lowest BCUT2D eigenvalue weighted by Crippen LogP contribution is -2.42. The minimum absolute atomic E-state index is 0.109. The highest BCUT2D eigenvalue weighted by Gasteiger charge is 2.15. The van der Waals surface area contributed by atoms with Gasteiger partial charge in [0.05, 0.1) is 6.10 Å². The van der Waals surface area contributed by atoms with E-state index in [9.17, 15) is 9.90 Å². The molecule has 1 aromatic heterocycles. The summed E-state index contributed by atoms with van der Waals surface area (Å²) in [6, 6.07) is 13.3. The lowest BCUT2D eigenvalue weighted by atomic mass is 10.0. The van der Waals surface area contributed by atoms with Crippen LogP contribution >= 0.6 is 11.3 Å². The van der Waals surface area contributed by atoms with Crippen LogP contribution in [-0.4, -0.2) is 23.7 Å². The van der Waals surface area contributed by atoms with Gasteiger partial charge in [-0.2, -0.15) is 0 Å². The Bertz CT molecular complexity index is 586. The van der Waals surface area contributed by atoms with Gasteiger partial charge in [0.1, 0.15) is 0 Å². The van der Waals surface area contributed by atoms with Crippen LogP contribution in [-0.2, 0) is 0 Å². The molecule has 0 bridgehead atoms. The molecule has 5 heteroatoms. The van der Waals surface area contributed by atoms with Crippen LogP contribution in [0.1, 0.15) is 42.7 Å². The standard InChI is InChI=1S/C18H24N2O2S/c1-13(17-9-6-10-23-17)12-19-18(22)20-14(2)11-16(21)15-7-4-3-5-8-15/h3-10,13-14,16,21H,11-12H2,1-2H3,(H2,19,20,22). The van der Waals surface area contributed by atoms with Gasteiger partial charge in [0, 0.05) is 23.4 Å². The summed E-state index contributed by atoms with van der Waals surface area (Å²) in [7, 11) is 0. The summed E-state index contributed by atoms with van der Waals surface area (Å²) < 4.78 is 0. The van der Waals surface area contributed by atoms with Crippen molar-refractivity contribution in [1.29, 1.82) is 0 Å². The minimum Gasteiger partial charge on any atom is -0.388 e. The predicted molar refractivity (Wildman–Crippen MR) is 94.7 cm³/mol. The first kappa shape index (κ1) is 17.5. The summed E-state index contributed by atoms with van der Waals surface area (Å²) >= 11 is 1.70. The van der Waals surface area contributed by atoms with Gasteiger partial charge in [-0.25, -0.2) is 4.79 Å². The zero-order chi connectivity index (χ0) is 16.7. The molecule has 23 heavy (non-hydrogen) atoms. The van der Waals surface area contributed by atoms with Crippen molar-refractivity contribution in [1.82, 2.24) is 10.6 Å². The molecule has 3 N–H and O–H groups in total. The Hall–Kier alpha value is -1.85. The normalized spacial score (nSPS) is 14.7. The number of rotatable bonds is 7. The second-order valence-corrected chi connectivity index (χ2v) is 6.81. The molecule has 2 rings (SSSR count). The summed E-state index contributed by atoms with van der Waals surface area (Å²) in [4.78, 5) is 13.2. The van der Waals surface area contributed by atoms with E-state index in [4.69, 9.17) is 0 Å². The van der Waals surface area contributed by atoms with Gasteiger partial charge in [0.15, 0.2) is 0 Å². The molecule has 2 amide bonds. The number of hydrogen-bond donors (Lipinski definition) is 3. The zero-order valence-electron chi connectivity index (χ0n) is 13.5. The van der Waals surface area contributed by atoms with Crippen molar-refractivity contribution in [2.45, 2.75) is 38.3 Å². The van der Waals surface area contributed by atoms with E-state index in [0.29, 0.717) is 18.9 Å². The molecule has 0 spiro atoms. The van der Waals surface area contributed by atoms with E-state index in [1.165, 1.54) is 4.88 Å². The number of nitrogens with one attached hydrogen (secondary N) is 2. The van der Waals surface area contributed by atoms with Crippen LogP contribution in [0.25, 0.3) is 0 Å². The van der Waals surface area contributed by atoms with Gasteiger partial charge in [-0.05, 0) is 30.4 Å². The molecule has 0 aliphatic carbocycles. The van der Waals surface area contributed by atoms with E-state index < -0.39 is 6.10 Å². The van der Waals surface area contributed by atoms with Crippen LogP contribution in [0.15, 0.2) is 47.8 Å². The Morgan fingerprint density at radius 2 is 1.91 bits per heavy atom. The highest BCUT2D eigenvalue weighted by Crippen LogP contribution is 2.20. The minimum atomic E-state index is -0.573. The molecule has 0 radical (unpaired) electrons. The highest BCUT2D eigenvalue weighted by molar-refractivity contribution is 7.10. The number of aliphatic hydroxyl groups is 1. The topological polar surface area (TPSA) is 61.4 Å². The Morgan fingerprint density at radius 1 is 1.17 bits per heavy atom. The summed E-state index contributed by atoms with van der Waals surface area (Å²) in [5.41, 5.74) is 0.868. The van der Waals surface area contributed by atoms with E-state index >= 15 is 0 Å². The van der Waals surface area contributed by atoms with Crippen molar-refractivity contribution in [3.63, 3.8) is 0 Å². The molecular formula is C18H24N2O2S. The van der Waals surface area contributed by atoms with E-state index in [2.05, 4.69) is 23.6 Å². The van der Waals surface area contributed by atoms with E-state index in [-0.39, 0.29) is 12.1 Å². The molecule has 0 aliphatic heterocycles. The Kier molecular flexibility index (Phi) is 6.62. The van der Waals surface area contributed by atoms with Crippen molar-refractivity contribution >= 4 is 17.4 Å². The molecule has 0 fully saturated rings. The van der Waals surface area contributed by atoms with Crippen LogP contribution in [0, 0.1) is 0 Å². The largest absolute Gasteiger partial charge is 0.388 e. The van der Waals surface area contributed by atoms with Crippen molar-refractivity contribution in [2.24, 2.45) is 0 Å². The van der Waals surface area contributed by atoms with Gasteiger partial charge in [-0.3, -0.25) is 0 Å². The monoisotopic (exact) mass is 332 g/mol. The predicted octanol–water partition coefficient (Wildman–Crippen LogP) is 3.66. The van der Waals surface area contributed by atoms with Crippen molar-refractivity contribution in [3.8, 4) is 0 Å². The molecular weight excluding hydrogens is 308 g/mol. The fourth-order valence-corrected chi connectivity index (χ4v) is 3.19. The lowest BCUT2D eigenvalue weighted by molar-refractivity contribution is 0.154. The van der Waals surface area contributed by atoms with Crippen LogP contribution in [0.4, 0.5) is 4.79 Å². The molecule has 0 aliphatic rings. The van der Waals surface area contributed by atoms with E-state index in [1.54, 1.807) is 11.3 Å². The Labute approximate surface area is 141 Å². The molecule has 3 unspecified atom stereocenters. The fraction of sp³-hybridized carbons (Fsp3) is 0.389. The number of amides is 2. The first-order chi connectivity index (χ1) is 11.1. The van der Waals surface area contributed by atoms with E-state index in [0.717, 1.165) is 5.56 Å². The average molecular weight is 332 g/mol. The third kappa shape index (κ3) is 5.69. The molecule has 0 saturated carbocycles. The number of benzene rings is 1. The Morgan fingerprint density at radius 3 is 2.57 bits per heavy atom. The summed E-state index contributed by atoms with van der Waals surface area (Å²) in [6.07, 6.45) is -0.0886. The summed E-state index contributed by atoms with van der Waals surface area (Å²) in [5.74, 6) is 0.297. The third-order valence-electron chi connectivity index (χ3n) is 3.74. The number of carbonyl (C=O) groups excluding carboxylic acids is 1. The van der Waals surface area contributed by atoms with Crippen LogP contribution in [0.5, 0.6) is 0 Å². The quantitative estimate of drug-likeness (QED) is 0.724. The number of hydrogen-bond acceptors (Lipinski definition) is 3. The third-order valence-corrected chi connectivity index (χ3v) is 4.84. The first-order valence-electron chi connectivity index (χ1n) is 7.87. The fourth-order valence-electron chi connectivity index (χ4n) is 2.40. The van der Waals surface area contributed by atoms with Crippen molar-refractivity contribution in [3.05, 3.63) is 58.3 Å². The number of aliphatic hydroxyl groups excluding tert-OH is 1. The maximum atomic E-state index is 11.9. The lowest BCUT2D eigenvalue weighted by Gasteiger charge is -2.19. The van der Waals surface area contributed by atoms with Gasteiger partial charge in [0.2, 0.25) is 0 Å². The number of thiophene rings is 1. The van der Waals surface area contributed by atoms with Gasteiger partial charge in [0.25, 0.3) is 0 Å². The average Bonchev–Trinajstić information content (AvgIpc) is 3.07. The number of carbonyl (C=O) groups is 1. The zero-order valence-corrected chi connectivity index (χ0v) is 14.3. The molecule has 3 atom stereocenters. The van der Waals surface area contributed by atoms with Crippen LogP contribution in [0.3, 0.4) is 0 Å². The SMILES string of the molecule is CC(CC(O)c1ccccc1)NC(=O)NCC(C)c1cccs1. The van der Waals surface area contributed by atoms with Crippen LogP contribution < -0.4 is 10.6 Å². The molecule has 4 nitrogen and oxygen atoms in total. The second kappa shape index (κ2) is 8.70. The van der Waals surface area contributed by atoms with Crippen molar-refractivity contribution < 1.29 is 9.90 Å². The molecule has 124 valence electrons. The molecule has 1 heterocycles. The van der Waals surface area contributed by atoms with Gasteiger partial charge < -0.3 is 15.7 Å². The molecule has 1 aromatic carbocycles. The van der Waals surface area contributed by atoms with Crippen LogP contribution in [0.2, 0.25) is 0 Å². The smallest absolute Gasteiger partial charge is 0.315 e.